The molecule has 3 heteroatoms. The van der Waals surface area contributed by atoms with Crippen LogP contribution in [0.3, 0.4) is 0 Å². The summed E-state index contributed by atoms with van der Waals surface area (Å²) in [4.78, 5) is 15.9. The van der Waals surface area contributed by atoms with Crippen LogP contribution in [-0.2, 0) is 4.79 Å². The first kappa shape index (κ1) is 12.2. The first-order valence-corrected chi connectivity index (χ1v) is 5.66. The highest BCUT2D eigenvalue weighted by molar-refractivity contribution is 5.87. The van der Waals surface area contributed by atoms with Gasteiger partial charge in [0.25, 0.3) is 0 Å². The summed E-state index contributed by atoms with van der Waals surface area (Å²) in [6.07, 6.45) is 1.41. The van der Waals surface area contributed by atoms with Crippen molar-refractivity contribution >= 4 is 5.91 Å². The monoisotopic (exact) mass is 210 g/mol. The summed E-state index contributed by atoms with van der Waals surface area (Å²) in [5, 5.41) is 0. The van der Waals surface area contributed by atoms with E-state index in [1.165, 1.54) is 6.08 Å². The molecule has 2 atom stereocenters. The lowest BCUT2D eigenvalue weighted by Gasteiger charge is -2.45. The van der Waals surface area contributed by atoms with E-state index in [0.717, 1.165) is 13.1 Å². The number of carbonyl (C=O) groups is 1. The second-order valence-corrected chi connectivity index (χ2v) is 4.68. The Hall–Kier alpha value is -0.830. The van der Waals surface area contributed by atoms with E-state index < -0.39 is 0 Å². The van der Waals surface area contributed by atoms with Crippen molar-refractivity contribution in [2.45, 2.75) is 45.8 Å². The van der Waals surface area contributed by atoms with Gasteiger partial charge in [-0.3, -0.25) is 9.69 Å². The molecule has 0 aliphatic carbocycles. The number of hydrogen-bond acceptors (Lipinski definition) is 2. The number of nitrogens with zero attached hydrogens (tertiary/aromatic N) is 2. The summed E-state index contributed by atoms with van der Waals surface area (Å²) in [6, 6.07) is 1.27. The molecule has 0 aromatic rings. The fourth-order valence-corrected chi connectivity index (χ4v) is 2.30. The molecular formula is C12H22N2O. The molecule has 1 aliphatic heterocycles. The average Bonchev–Trinajstić information content (AvgIpc) is 2.19. The zero-order valence-corrected chi connectivity index (χ0v) is 10.2. The van der Waals surface area contributed by atoms with Crippen LogP contribution < -0.4 is 0 Å². The average molecular weight is 210 g/mol. The Bertz CT molecular complexity index is 250. The molecule has 0 aromatic carbocycles. The summed E-state index contributed by atoms with van der Waals surface area (Å²) < 4.78 is 0. The highest BCUT2D eigenvalue weighted by Gasteiger charge is 2.31. The van der Waals surface area contributed by atoms with Crippen LogP contribution in [0.2, 0.25) is 0 Å². The molecule has 1 aliphatic rings. The second kappa shape index (κ2) is 4.79. The van der Waals surface area contributed by atoms with Gasteiger partial charge >= 0.3 is 0 Å². The van der Waals surface area contributed by atoms with Crippen LogP contribution in [0, 0.1) is 0 Å². The molecule has 0 bridgehead atoms. The first-order valence-electron chi connectivity index (χ1n) is 5.66. The predicted octanol–water partition coefficient (Wildman–Crippen LogP) is 1.50. The van der Waals surface area contributed by atoms with Gasteiger partial charge in [-0.1, -0.05) is 6.58 Å². The fraction of sp³-hybridized carbons (Fsp3) is 0.750. The number of piperazine rings is 1. The standard InChI is InChI=1S/C12H22N2O/c1-6-12(15)14-8-10(4)13(9(2)3)7-11(14)5/h6,9-11H,1,7-8H2,2-5H3/t10-,11+/m0/s1. The predicted molar refractivity (Wildman–Crippen MR) is 62.7 cm³/mol. The molecule has 15 heavy (non-hydrogen) atoms. The van der Waals surface area contributed by atoms with Gasteiger partial charge in [0, 0.05) is 31.2 Å². The summed E-state index contributed by atoms with van der Waals surface area (Å²) in [6.45, 7) is 14.0. The number of rotatable bonds is 2. The van der Waals surface area contributed by atoms with Gasteiger partial charge in [0.05, 0.1) is 0 Å². The molecule has 1 heterocycles. The minimum absolute atomic E-state index is 0.0535. The topological polar surface area (TPSA) is 23.6 Å². The molecule has 1 rings (SSSR count). The molecule has 3 nitrogen and oxygen atoms in total. The van der Waals surface area contributed by atoms with Crippen LogP contribution in [-0.4, -0.2) is 46.9 Å². The number of amides is 1. The van der Waals surface area contributed by atoms with Gasteiger partial charge in [0.2, 0.25) is 5.91 Å². The van der Waals surface area contributed by atoms with E-state index >= 15 is 0 Å². The quantitative estimate of drug-likeness (QED) is 0.645. The van der Waals surface area contributed by atoms with Gasteiger partial charge in [-0.25, -0.2) is 0 Å². The molecule has 0 radical (unpaired) electrons. The van der Waals surface area contributed by atoms with Gasteiger partial charge < -0.3 is 4.90 Å². The summed E-state index contributed by atoms with van der Waals surface area (Å²) >= 11 is 0. The van der Waals surface area contributed by atoms with E-state index in [4.69, 9.17) is 0 Å². The minimum Gasteiger partial charge on any atom is -0.334 e. The summed E-state index contributed by atoms with van der Waals surface area (Å²) in [5.74, 6) is 0.0535. The lowest BCUT2D eigenvalue weighted by molar-refractivity contribution is -0.132. The molecule has 0 unspecified atom stereocenters. The maximum absolute atomic E-state index is 11.6. The molecule has 1 fully saturated rings. The van der Waals surface area contributed by atoms with E-state index in [-0.39, 0.29) is 11.9 Å². The Morgan fingerprint density at radius 1 is 1.33 bits per heavy atom. The molecule has 0 aromatic heterocycles. The molecule has 1 amide bonds. The Labute approximate surface area is 92.7 Å². The van der Waals surface area contributed by atoms with Crippen LogP contribution >= 0.6 is 0 Å². The van der Waals surface area contributed by atoms with Gasteiger partial charge in [-0.2, -0.15) is 0 Å². The Morgan fingerprint density at radius 3 is 2.40 bits per heavy atom. The van der Waals surface area contributed by atoms with Crippen molar-refractivity contribution in [3.05, 3.63) is 12.7 Å². The smallest absolute Gasteiger partial charge is 0.246 e. The van der Waals surface area contributed by atoms with Crippen molar-refractivity contribution in [1.82, 2.24) is 9.80 Å². The maximum atomic E-state index is 11.6. The van der Waals surface area contributed by atoms with Crippen LogP contribution in [0.25, 0.3) is 0 Å². The third-order valence-corrected chi connectivity index (χ3v) is 3.16. The fourth-order valence-electron chi connectivity index (χ4n) is 2.30. The lowest BCUT2D eigenvalue weighted by atomic mass is 10.1. The molecule has 0 spiro atoms. The largest absolute Gasteiger partial charge is 0.334 e. The van der Waals surface area contributed by atoms with Crippen molar-refractivity contribution in [2.24, 2.45) is 0 Å². The molecule has 0 N–H and O–H groups in total. The van der Waals surface area contributed by atoms with E-state index in [1.807, 2.05) is 4.90 Å². The zero-order valence-electron chi connectivity index (χ0n) is 10.2. The Kier molecular flexibility index (Phi) is 3.91. The third-order valence-electron chi connectivity index (χ3n) is 3.16. The van der Waals surface area contributed by atoms with E-state index in [0.29, 0.717) is 12.1 Å². The molecule has 0 saturated carbocycles. The van der Waals surface area contributed by atoms with Crippen LogP contribution in [0.4, 0.5) is 0 Å². The maximum Gasteiger partial charge on any atom is 0.246 e. The highest BCUT2D eigenvalue weighted by Crippen LogP contribution is 2.17. The van der Waals surface area contributed by atoms with Gasteiger partial charge in [-0.15, -0.1) is 0 Å². The van der Waals surface area contributed by atoms with Crippen LogP contribution in [0.15, 0.2) is 12.7 Å². The van der Waals surface area contributed by atoms with Crippen molar-refractivity contribution in [3.8, 4) is 0 Å². The van der Waals surface area contributed by atoms with Crippen molar-refractivity contribution < 1.29 is 4.79 Å². The Morgan fingerprint density at radius 2 is 1.93 bits per heavy atom. The second-order valence-electron chi connectivity index (χ2n) is 4.68. The zero-order chi connectivity index (χ0) is 11.6. The summed E-state index contributed by atoms with van der Waals surface area (Å²) in [7, 11) is 0. The van der Waals surface area contributed by atoms with Crippen molar-refractivity contribution in [3.63, 3.8) is 0 Å². The minimum atomic E-state index is 0.0535. The van der Waals surface area contributed by atoms with E-state index in [1.54, 1.807) is 0 Å². The number of carbonyl (C=O) groups excluding carboxylic acids is 1. The summed E-state index contributed by atoms with van der Waals surface area (Å²) in [5.41, 5.74) is 0. The molecular weight excluding hydrogens is 188 g/mol. The van der Waals surface area contributed by atoms with Gasteiger partial charge in [0.15, 0.2) is 0 Å². The highest BCUT2D eigenvalue weighted by atomic mass is 16.2. The van der Waals surface area contributed by atoms with E-state index in [9.17, 15) is 4.79 Å². The molecule has 1 saturated heterocycles. The van der Waals surface area contributed by atoms with Gasteiger partial charge in [0.1, 0.15) is 0 Å². The molecule has 86 valence electrons. The van der Waals surface area contributed by atoms with Crippen LogP contribution in [0.5, 0.6) is 0 Å². The normalized spacial score (nSPS) is 28.2. The van der Waals surface area contributed by atoms with E-state index in [2.05, 4.69) is 39.2 Å². The Balaban J connectivity index is 2.70. The van der Waals surface area contributed by atoms with Crippen molar-refractivity contribution in [1.29, 1.82) is 0 Å². The third kappa shape index (κ3) is 2.59. The van der Waals surface area contributed by atoms with Crippen LogP contribution in [0.1, 0.15) is 27.7 Å². The number of hydrogen-bond donors (Lipinski definition) is 0. The van der Waals surface area contributed by atoms with Crippen molar-refractivity contribution in [2.75, 3.05) is 13.1 Å². The SMILES string of the molecule is C=CC(=O)N1C[C@H](C)N(C(C)C)C[C@H]1C. The first-order chi connectivity index (χ1) is 6.97. The van der Waals surface area contributed by atoms with Gasteiger partial charge in [-0.05, 0) is 33.8 Å². The lowest BCUT2D eigenvalue weighted by Crippen LogP contribution is -2.59.